The maximum absolute atomic E-state index is 12.3. The number of benzene rings is 1. The fourth-order valence-corrected chi connectivity index (χ4v) is 4.61. The summed E-state index contributed by atoms with van der Waals surface area (Å²) in [6.07, 6.45) is 4.72. The maximum Gasteiger partial charge on any atom is 0.299 e. The van der Waals surface area contributed by atoms with Gasteiger partial charge in [-0.25, -0.2) is 0 Å². The number of nitrogens with one attached hydrogen (secondary N) is 1. The number of rotatable bonds is 3. The monoisotopic (exact) mass is 376 g/mol. The van der Waals surface area contributed by atoms with E-state index in [1.54, 1.807) is 18.2 Å². The van der Waals surface area contributed by atoms with Crippen molar-refractivity contribution >= 4 is 39.2 Å². The Kier molecular flexibility index (Phi) is 3.52. The average molecular weight is 377 g/mol. The Labute approximate surface area is 142 Å². The van der Waals surface area contributed by atoms with Crippen LogP contribution in [0.2, 0.25) is 0 Å². The van der Waals surface area contributed by atoms with Crippen molar-refractivity contribution in [3.05, 3.63) is 28.2 Å². The van der Waals surface area contributed by atoms with Gasteiger partial charge in [0, 0.05) is 10.5 Å². The molecule has 2 bridgehead atoms. The summed E-state index contributed by atoms with van der Waals surface area (Å²) < 4.78 is 0.741. The summed E-state index contributed by atoms with van der Waals surface area (Å²) in [7, 11) is 0. The maximum atomic E-state index is 12.3. The molecule has 23 heavy (non-hydrogen) atoms. The van der Waals surface area contributed by atoms with Gasteiger partial charge in [0.1, 0.15) is 6.54 Å². The zero-order valence-electron chi connectivity index (χ0n) is 12.5. The van der Waals surface area contributed by atoms with Gasteiger partial charge in [-0.05, 0) is 49.3 Å². The number of Topliss-reactive ketones (excluding diaryl/α,β-unsaturated/α-hetero) is 1. The normalized spacial score (nSPS) is 28.4. The molecule has 0 saturated heterocycles. The quantitative estimate of drug-likeness (QED) is 0.822. The Morgan fingerprint density at radius 1 is 1.26 bits per heavy atom. The molecular weight excluding hydrogens is 360 g/mol. The second-order valence-corrected chi connectivity index (χ2v) is 7.65. The third-order valence-corrected chi connectivity index (χ3v) is 5.81. The molecule has 1 aliphatic heterocycles. The highest BCUT2D eigenvalue weighted by Crippen LogP contribution is 2.44. The predicted molar refractivity (Wildman–Crippen MR) is 88.2 cm³/mol. The van der Waals surface area contributed by atoms with Gasteiger partial charge in [-0.2, -0.15) is 0 Å². The smallest absolute Gasteiger partial charge is 0.299 e. The van der Waals surface area contributed by atoms with Gasteiger partial charge in [0.15, 0.2) is 0 Å². The van der Waals surface area contributed by atoms with E-state index in [1.165, 1.54) is 24.2 Å². The van der Waals surface area contributed by atoms with Crippen molar-refractivity contribution in [1.82, 2.24) is 5.32 Å². The standard InChI is InChI=1S/C17H17BrN2O3/c18-11-3-4-14-12(7-11)16(22)17(23)20(14)8-15(21)19-13-6-9-1-2-10(13)5-9/h3-4,7,9-10,13H,1-2,5-6,8H2,(H,19,21)/t9-,10-,13-/m0/s1. The van der Waals surface area contributed by atoms with Crippen LogP contribution in [0.25, 0.3) is 0 Å². The zero-order valence-corrected chi connectivity index (χ0v) is 14.1. The molecule has 1 heterocycles. The molecule has 4 rings (SSSR count). The number of carbonyl (C=O) groups is 3. The molecule has 3 aliphatic rings. The Morgan fingerprint density at radius 3 is 2.78 bits per heavy atom. The molecule has 0 spiro atoms. The topological polar surface area (TPSA) is 66.5 Å². The predicted octanol–water partition coefficient (Wildman–Crippen LogP) is 2.28. The van der Waals surface area contributed by atoms with Gasteiger partial charge in [-0.15, -0.1) is 0 Å². The van der Waals surface area contributed by atoms with E-state index >= 15 is 0 Å². The summed E-state index contributed by atoms with van der Waals surface area (Å²) in [4.78, 5) is 37.8. The summed E-state index contributed by atoms with van der Waals surface area (Å²) in [6.45, 7) is -0.0902. The lowest BCUT2D eigenvalue weighted by molar-refractivity contribution is -0.123. The highest BCUT2D eigenvalue weighted by molar-refractivity contribution is 9.10. The molecule has 2 aliphatic carbocycles. The van der Waals surface area contributed by atoms with Crippen LogP contribution in [-0.2, 0) is 9.59 Å². The molecule has 0 unspecified atom stereocenters. The highest BCUT2D eigenvalue weighted by atomic mass is 79.9. The molecule has 0 radical (unpaired) electrons. The lowest BCUT2D eigenvalue weighted by atomic mass is 9.95. The number of hydrogen-bond donors (Lipinski definition) is 1. The highest BCUT2D eigenvalue weighted by Gasteiger charge is 2.41. The van der Waals surface area contributed by atoms with Crippen LogP contribution in [-0.4, -0.2) is 30.2 Å². The van der Waals surface area contributed by atoms with Crippen molar-refractivity contribution in [2.24, 2.45) is 11.8 Å². The van der Waals surface area contributed by atoms with E-state index in [1.807, 2.05) is 0 Å². The first-order valence-corrected chi connectivity index (χ1v) is 8.77. The molecule has 1 aromatic carbocycles. The van der Waals surface area contributed by atoms with Crippen LogP contribution in [0, 0.1) is 11.8 Å². The number of amides is 2. The van der Waals surface area contributed by atoms with E-state index in [2.05, 4.69) is 21.2 Å². The summed E-state index contributed by atoms with van der Waals surface area (Å²) in [5.41, 5.74) is 0.878. The molecule has 0 aromatic heterocycles. The lowest BCUT2D eigenvalue weighted by Gasteiger charge is -2.24. The van der Waals surface area contributed by atoms with E-state index in [9.17, 15) is 14.4 Å². The van der Waals surface area contributed by atoms with Gasteiger partial charge >= 0.3 is 0 Å². The van der Waals surface area contributed by atoms with Crippen molar-refractivity contribution in [2.45, 2.75) is 31.7 Å². The average Bonchev–Trinajstić information content (AvgIpc) is 3.18. The largest absolute Gasteiger partial charge is 0.352 e. The zero-order chi connectivity index (χ0) is 16.1. The fourth-order valence-electron chi connectivity index (χ4n) is 4.25. The Balaban J connectivity index is 1.47. The minimum Gasteiger partial charge on any atom is -0.352 e. The van der Waals surface area contributed by atoms with Crippen LogP contribution >= 0.6 is 15.9 Å². The number of ketones is 1. The van der Waals surface area contributed by atoms with E-state index < -0.39 is 11.7 Å². The first kappa shape index (κ1) is 14.9. The van der Waals surface area contributed by atoms with Crippen molar-refractivity contribution in [1.29, 1.82) is 0 Å². The number of nitrogens with zero attached hydrogens (tertiary/aromatic N) is 1. The molecule has 2 amide bonds. The van der Waals surface area contributed by atoms with E-state index in [0.29, 0.717) is 17.2 Å². The van der Waals surface area contributed by atoms with Gasteiger partial charge in [0.05, 0.1) is 11.3 Å². The molecule has 2 saturated carbocycles. The summed E-state index contributed by atoms with van der Waals surface area (Å²) in [5.74, 6) is -0.0174. The van der Waals surface area contributed by atoms with E-state index in [-0.39, 0.29) is 18.5 Å². The van der Waals surface area contributed by atoms with E-state index in [4.69, 9.17) is 0 Å². The third kappa shape index (κ3) is 2.49. The Hall–Kier alpha value is -1.69. The number of hydrogen-bond acceptors (Lipinski definition) is 3. The Morgan fingerprint density at radius 2 is 2.09 bits per heavy atom. The summed E-state index contributed by atoms with van der Waals surface area (Å²) >= 11 is 3.30. The van der Waals surface area contributed by atoms with Crippen LogP contribution in [0.1, 0.15) is 36.0 Å². The molecule has 3 atom stereocenters. The molecule has 5 nitrogen and oxygen atoms in total. The molecular formula is C17H17BrN2O3. The molecule has 120 valence electrons. The lowest BCUT2D eigenvalue weighted by Crippen LogP contribution is -2.45. The number of carbonyl (C=O) groups excluding carboxylic acids is 3. The van der Waals surface area contributed by atoms with Gasteiger partial charge in [0.2, 0.25) is 5.91 Å². The molecule has 1 aromatic rings. The Bertz CT molecular complexity index is 718. The van der Waals surface area contributed by atoms with Crippen molar-refractivity contribution in [2.75, 3.05) is 11.4 Å². The van der Waals surface area contributed by atoms with Crippen LogP contribution in [0.15, 0.2) is 22.7 Å². The SMILES string of the molecule is O=C(CN1C(=O)C(=O)c2cc(Br)ccc21)N[C@H]1C[C@H]2CC[C@H]1C2. The van der Waals surface area contributed by atoms with Crippen molar-refractivity contribution < 1.29 is 14.4 Å². The van der Waals surface area contributed by atoms with Gasteiger partial charge < -0.3 is 5.32 Å². The fraction of sp³-hybridized carbons (Fsp3) is 0.471. The summed E-state index contributed by atoms with van der Waals surface area (Å²) in [5, 5.41) is 3.06. The molecule has 2 fully saturated rings. The molecule has 6 heteroatoms. The van der Waals surface area contributed by atoms with E-state index in [0.717, 1.165) is 16.8 Å². The summed E-state index contributed by atoms with van der Waals surface area (Å²) in [6, 6.07) is 5.33. The second-order valence-electron chi connectivity index (χ2n) is 6.73. The second kappa shape index (κ2) is 5.44. The first-order valence-electron chi connectivity index (χ1n) is 7.98. The first-order chi connectivity index (χ1) is 11.0. The van der Waals surface area contributed by atoms with Crippen LogP contribution in [0.3, 0.4) is 0 Å². The number of anilines is 1. The van der Waals surface area contributed by atoms with Crippen molar-refractivity contribution in [3.63, 3.8) is 0 Å². The minimum atomic E-state index is -0.624. The van der Waals surface area contributed by atoms with Crippen LogP contribution in [0.5, 0.6) is 0 Å². The number of fused-ring (bicyclic) bond motifs is 3. The van der Waals surface area contributed by atoms with Crippen molar-refractivity contribution in [3.8, 4) is 0 Å². The van der Waals surface area contributed by atoms with Gasteiger partial charge in [-0.1, -0.05) is 22.4 Å². The van der Waals surface area contributed by atoms with Crippen LogP contribution in [0.4, 0.5) is 5.69 Å². The minimum absolute atomic E-state index is 0.0902. The third-order valence-electron chi connectivity index (χ3n) is 5.32. The van der Waals surface area contributed by atoms with Crippen LogP contribution < -0.4 is 10.2 Å². The van der Waals surface area contributed by atoms with Gasteiger partial charge in [0.25, 0.3) is 11.7 Å². The van der Waals surface area contributed by atoms with Gasteiger partial charge in [-0.3, -0.25) is 19.3 Å². The molecule has 1 N–H and O–H groups in total. The number of halogens is 1.